The smallest absolute Gasteiger partial charge is 0.280 e. The van der Waals surface area contributed by atoms with E-state index in [2.05, 4.69) is 0 Å². The third-order valence-electron chi connectivity index (χ3n) is 3.43. The lowest BCUT2D eigenvalue weighted by Gasteiger charge is -2.12. The van der Waals surface area contributed by atoms with E-state index in [4.69, 9.17) is 32.7 Å². The Morgan fingerprint density at radius 2 is 2.04 bits per heavy atom. The molecule has 0 bridgehead atoms. The summed E-state index contributed by atoms with van der Waals surface area (Å²) in [7, 11) is 1.42. The lowest BCUT2D eigenvalue weighted by molar-refractivity contribution is -0.385. The molecule has 0 aromatic heterocycles. The van der Waals surface area contributed by atoms with Gasteiger partial charge in [-0.2, -0.15) is 5.26 Å². The fraction of sp³-hybridized carbons (Fsp3) is 0.111. The topological polar surface area (TPSA) is 111 Å². The van der Waals surface area contributed by atoms with Crippen LogP contribution in [0.1, 0.15) is 11.1 Å². The van der Waals surface area contributed by atoms with Gasteiger partial charge in [-0.25, -0.2) is 0 Å². The SMILES string of the molecule is COc1cc(C=C(C#N)C(N)=S)c([N+](=O)[O-])cc1OCc1ccccc1. The highest BCUT2D eigenvalue weighted by atomic mass is 32.1. The minimum atomic E-state index is -0.574. The monoisotopic (exact) mass is 369 g/mol. The van der Waals surface area contributed by atoms with Crippen LogP contribution in [0.25, 0.3) is 6.08 Å². The van der Waals surface area contributed by atoms with Crippen molar-refractivity contribution in [3.8, 4) is 17.6 Å². The maximum atomic E-state index is 11.4. The molecule has 0 unspecified atom stereocenters. The van der Waals surface area contributed by atoms with Crippen LogP contribution in [0.3, 0.4) is 0 Å². The zero-order valence-electron chi connectivity index (χ0n) is 13.8. The molecule has 132 valence electrons. The molecule has 8 heteroatoms. The predicted molar refractivity (Wildman–Crippen MR) is 101 cm³/mol. The van der Waals surface area contributed by atoms with Crippen LogP contribution in [0.4, 0.5) is 5.69 Å². The van der Waals surface area contributed by atoms with E-state index in [0.717, 1.165) is 5.56 Å². The normalized spacial score (nSPS) is 10.7. The maximum Gasteiger partial charge on any atom is 0.280 e. The standard InChI is InChI=1S/C18H15N3O4S/c1-24-16-8-13(7-14(10-19)18(20)26)15(21(22)23)9-17(16)25-11-12-5-3-2-4-6-12/h2-9H,11H2,1H3,(H2,20,26). The highest BCUT2D eigenvalue weighted by Gasteiger charge is 2.19. The Morgan fingerprint density at radius 3 is 2.58 bits per heavy atom. The molecule has 0 atom stereocenters. The molecular weight excluding hydrogens is 354 g/mol. The van der Waals surface area contributed by atoms with Gasteiger partial charge >= 0.3 is 0 Å². The summed E-state index contributed by atoms with van der Waals surface area (Å²) >= 11 is 4.77. The fourth-order valence-corrected chi connectivity index (χ4v) is 2.26. The molecule has 0 saturated carbocycles. The van der Waals surface area contributed by atoms with Gasteiger partial charge in [0.2, 0.25) is 0 Å². The van der Waals surface area contributed by atoms with Crippen LogP contribution in [0.15, 0.2) is 48.0 Å². The molecule has 0 saturated heterocycles. The number of nitriles is 1. The number of nitro benzene ring substituents is 1. The average molecular weight is 369 g/mol. The summed E-state index contributed by atoms with van der Waals surface area (Å²) in [5, 5.41) is 20.5. The lowest BCUT2D eigenvalue weighted by atomic mass is 10.1. The van der Waals surface area contributed by atoms with Gasteiger partial charge < -0.3 is 15.2 Å². The van der Waals surface area contributed by atoms with E-state index in [1.807, 2.05) is 36.4 Å². The molecule has 26 heavy (non-hydrogen) atoms. The van der Waals surface area contributed by atoms with Gasteiger partial charge in [-0.1, -0.05) is 42.5 Å². The molecule has 0 heterocycles. The highest BCUT2D eigenvalue weighted by molar-refractivity contribution is 7.80. The second kappa shape index (κ2) is 8.60. The zero-order valence-corrected chi connectivity index (χ0v) is 14.7. The second-order valence-electron chi connectivity index (χ2n) is 5.13. The molecular formula is C18H15N3O4S. The fourth-order valence-electron chi connectivity index (χ4n) is 2.16. The van der Waals surface area contributed by atoms with Gasteiger partial charge in [-0.05, 0) is 17.7 Å². The van der Waals surface area contributed by atoms with Crippen LogP contribution in [-0.2, 0) is 6.61 Å². The molecule has 2 rings (SSSR count). The van der Waals surface area contributed by atoms with Crippen LogP contribution in [0.2, 0.25) is 0 Å². The molecule has 2 N–H and O–H groups in total. The van der Waals surface area contributed by atoms with Crippen molar-refractivity contribution in [2.75, 3.05) is 7.11 Å². The van der Waals surface area contributed by atoms with E-state index >= 15 is 0 Å². The van der Waals surface area contributed by atoms with Gasteiger partial charge in [0.25, 0.3) is 5.69 Å². The zero-order chi connectivity index (χ0) is 19.1. The average Bonchev–Trinajstić information content (AvgIpc) is 2.64. The van der Waals surface area contributed by atoms with Crippen molar-refractivity contribution in [3.63, 3.8) is 0 Å². The lowest BCUT2D eigenvalue weighted by Crippen LogP contribution is -2.10. The Bertz CT molecular complexity index is 905. The van der Waals surface area contributed by atoms with Gasteiger partial charge in [-0.15, -0.1) is 0 Å². The van der Waals surface area contributed by atoms with Crippen molar-refractivity contribution in [1.82, 2.24) is 0 Å². The number of rotatable bonds is 7. The van der Waals surface area contributed by atoms with E-state index < -0.39 is 4.92 Å². The van der Waals surface area contributed by atoms with Crippen LogP contribution < -0.4 is 15.2 Å². The predicted octanol–water partition coefficient (Wildman–Crippen LogP) is 3.38. The van der Waals surface area contributed by atoms with Crippen LogP contribution in [-0.4, -0.2) is 17.0 Å². The van der Waals surface area contributed by atoms with Gasteiger partial charge in [-0.3, -0.25) is 10.1 Å². The molecule has 0 radical (unpaired) electrons. The summed E-state index contributed by atoms with van der Waals surface area (Å²) in [4.78, 5) is 10.7. The number of nitrogens with two attached hydrogens (primary N) is 1. The first-order chi connectivity index (χ1) is 12.5. The van der Waals surface area contributed by atoms with Gasteiger partial charge in [0.05, 0.1) is 29.2 Å². The molecule has 0 aliphatic heterocycles. The summed E-state index contributed by atoms with van der Waals surface area (Å²) in [5.74, 6) is 0.507. The Morgan fingerprint density at radius 1 is 1.35 bits per heavy atom. The quantitative estimate of drug-likeness (QED) is 0.262. The van der Waals surface area contributed by atoms with Crippen molar-refractivity contribution >= 4 is 29.0 Å². The molecule has 0 aliphatic rings. The number of hydrogen-bond acceptors (Lipinski definition) is 6. The van der Waals surface area contributed by atoms with E-state index in [9.17, 15) is 10.1 Å². The van der Waals surface area contributed by atoms with Crippen LogP contribution in [0.5, 0.6) is 11.5 Å². The summed E-state index contributed by atoms with van der Waals surface area (Å²) in [6.45, 7) is 0.222. The van der Waals surface area contributed by atoms with Crippen molar-refractivity contribution in [3.05, 3.63) is 69.3 Å². The number of ether oxygens (including phenoxy) is 2. The summed E-state index contributed by atoms with van der Waals surface area (Å²) in [6, 6.07) is 13.8. The van der Waals surface area contributed by atoms with E-state index in [1.54, 1.807) is 0 Å². The second-order valence-corrected chi connectivity index (χ2v) is 5.57. The number of benzene rings is 2. The molecule has 0 spiro atoms. The maximum absolute atomic E-state index is 11.4. The molecule has 2 aromatic carbocycles. The number of nitrogens with zero attached hydrogens (tertiary/aromatic N) is 2. The largest absolute Gasteiger partial charge is 0.493 e. The minimum absolute atomic E-state index is 0.0388. The Hall–Kier alpha value is -3.44. The van der Waals surface area contributed by atoms with Gasteiger partial charge in [0.1, 0.15) is 17.7 Å². The van der Waals surface area contributed by atoms with Crippen LogP contribution >= 0.6 is 12.2 Å². The van der Waals surface area contributed by atoms with Gasteiger partial charge in [0.15, 0.2) is 11.5 Å². The van der Waals surface area contributed by atoms with E-state index in [1.165, 1.54) is 25.3 Å². The number of hydrogen-bond donors (Lipinski definition) is 1. The summed E-state index contributed by atoms with van der Waals surface area (Å²) < 4.78 is 10.9. The minimum Gasteiger partial charge on any atom is -0.493 e. The van der Waals surface area contributed by atoms with Crippen molar-refractivity contribution < 1.29 is 14.4 Å². The molecule has 0 fully saturated rings. The Balaban J connectivity index is 2.45. The Labute approximate surface area is 155 Å². The van der Waals surface area contributed by atoms with Gasteiger partial charge in [0, 0.05) is 0 Å². The van der Waals surface area contributed by atoms with E-state index in [-0.39, 0.29) is 39.9 Å². The van der Waals surface area contributed by atoms with Crippen LogP contribution in [0, 0.1) is 21.4 Å². The van der Waals surface area contributed by atoms with E-state index in [0.29, 0.717) is 0 Å². The first kappa shape index (κ1) is 18.9. The third-order valence-corrected chi connectivity index (χ3v) is 3.65. The van der Waals surface area contributed by atoms with Crippen molar-refractivity contribution in [2.24, 2.45) is 5.73 Å². The molecule has 0 amide bonds. The van der Waals surface area contributed by atoms with Crippen molar-refractivity contribution in [1.29, 1.82) is 5.26 Å². The molecule has 2 aromatic rings. The summed E-state index contributed by atoms with van der Waals surface area (Å²) in [6.07, 6.45) is 1.25. The number of methoxy groups -OCH3 is 1. The molecule has 7 nitrogen and oxygen atoms in total. The molecule has 0 aliphatic carbocycles. The van der Waals surface area contributed by atoms with Crippen molar-refractivity contribution in [2.45, 2.75) is 6.61 Å². The first-order valence-electron chi connectivity index (χ1n) is 7.41. The summed E-state index contributed by atoms with van der Waals surface area (Å²) in [5.41, 5.74) is 6.20. The first-order valence-corrected chi connectivity index (χ1v) is 7.81. The number of thiocarbonyl (C=S) groups is 1. The third kappa shape index (κ3) is 4.55. The Kier molecular flexibility index (Phi) is 6.25. The number of nitro groups is 1. The highest BCUT2D eigenvalue weighted by Crippen LogP contribution is 2.36.